The average Bonchev–Trinajstić information content (AvgIpc) is 2.46. The molecule has 1 aliphatic rings. The molecular weight excluding hydrogens is 297 g/mol. The number of carbonyl (C=O) groups excluding carboxylic acids is 2. The molecule has 1 N–H and O–H groups in total. The average molecular weight is 314 g/mol. The Morgan fingerprint density at radius 2 is 2.00 bits per heavy atom. The summed E-state index contributed by atoms with van der Waals surface area (Å²) >= 11 is 0. The SMILES string of the molecule is CC1CCCCN1C(=O)C(=O)Nc1cccc(C(F)(F)F)c1. The Hall–Kier alpha value is -2.05. The van der Waals surface area contributed by atoms with Crippen LogP contribution >= 0.6 is 0 Å². The fourth-order valence-corrected chi connectivity index (χ4v) is 2.49. The lowest BCUT2D eigenvalue weighted by molar-refractivity contribution is -0.145. The van der Waals surface area contributed by atoms with Crippen molar-refractivity contribution in [3.05, 3.63) is 29.8 Å². The zero-order valence-corrected chi connectivity index (χ0v) is 12.1. The van der Waals surface area contributed by atoms with Gasteiger partial charge in [-0.05, 0) is 44.4 Å². The number of nitrogens with zero attached hydrogens (tertiary/aromatic N) is 1. The molecule has 1 unspecified atom stereocenters. The molecular formula is C15H17F3N2O2. The summed E-state index contributed by atoms with van der Waals surface area (Å²) in [7, 11) is 0. The van der Waals surface area contributed by atoms with Gasteiger partial charge in [-0.3, -0.25) is 9.59 Å². The number of benzene rings is 1. The molecule has 0 spiro atoms. The lowest BCUT2D eigenvalue weighted by Crippen LogP contribution is -2.47. The van der Waals surface area contributed by atoms with Gasteiger partial charge in [0.05, 0.1) is 5.56 Å². The third-order valence-corrected chi connectivity index (χ3v) is 3.71. The minimum Gasteiger partial charge on any atom is -0.332 e. The van der Waals surface area contributed by atoms with Crippen LogP contribution < -0.4 is 5.32 Å². The van der Waals surface area contributed by atoms with E-state index in [0.29, 0.717) is 6.54 Å². The molecule has 1 aliphatic heterocycles. The maximum atomic E-state index is 12.6. The highest BCUT2D eigenvalue weighted by molar-refractivity contribution is 6.39. The summed E-state index contributed by atoms with van der Waals surface area (Å²) in [4.78, 5) is 25.5. The number of anilines is 1. The zero-order chi connectivity index (χ0) is 16.3. The smallest absolute Gasteiger partial charge is 0.332 e. The molecule has 1 saturated heterocycles. The number of hydrogen-bond acceptors (Lipinski definition) is 2. The van der Waals surface area contributed by atoms with Crippen molar-refractivity contribution in [1.82, 2.24) is 4.90 Å². The van der Waals surface area contributed by atoms with Crippen LogP contribution in [0.1, 0.15) is 31.7 Å². The topological polar surface area (TPSA) is 49.4 Å². The van der Waals surface area contributed by atoms with Crippen LogP contribution in [0.2, 0.25) is 0 Å². The highest BCUT2D eigenvalue weighted by atomic mass is 19.4. The first-order valence-corrected chi connectivity index (χ1v) is 7.08. The van der Waals surface area contributed by atoms with Crippen molar-refractivity contribution in [3.8, 4) is 0 Å². The summed E-state index contributed by atoms with van der Waals surface area (Å²) in [5, 5.41) is 2.24. The number of piperidine rings is 1. The van der Waals surface area contributed by atoms with E-state index in [1.165, 1.54) is 17.0 Å². The van der Waals surface area contributed by atoms with Gasteiger partial charge in [-0.1, -0.05) is 6.07 Å². The van der Waals surface area contributed by atoms with Gasteiger partial charge in [-0.15, -0.1) is 0 Å². The van der Waals surface area contributed by atoms with Gasteiger partial charge < -0.3 is 10.2 Å². The maximum absolute atomic E-state index is 12.6. The molecule has 2 amide bonds. The molecule has 0 aromatic heterocycles. The van der Waals surface area contributed by atoms with Crippen LogP contribution in [0.15, 0.2) is 24.3 Å². The first-order valence-electron chi connectivity index (χ1n) is 7.08. The molecule has 0 bridgehead atoms. The molecule has 0 radical (unpaired) electrons. The van der Waals surface area contributed by atoms with E-state index in [9.17, 15) is 22.8 Å². The maximum Gasteiger partial charge on any atom is 0.416 e. The van der Waals surface area contributed by atoms with Crippen LogP contribution in [0.5, 0.6) is 0 Å². The number of likely N-dealkylation sites (tertiary alicyclic amines) is 1. The van der Waals surface area contributed by atoms with Crippen LogP contribution in [0.25, 0.3) is 0 Å². The van der Waals surface area contributed by atoms with Crippen molar-refractivity contribution < 1.29 is 22.8 Å². The Morgan fingerprint density at radius 3 is 2.64 bits per heavy atom. The molecule has 1 heterocycles. The number of rotatable bonds is 1. The van der Waals surface area contributed by atoms with Gasteiger partial charge in [0.25, 0.3) is 0 Å². The van der Waals surface area contributed by atoms with E-state index in [1.807, 2.05) is 6.92 Å². The minimum atomic E-state index is -4.49. The first kappa shape index (κ1) is 16.3. The molecule has 0 aliphatic carbocycles. The highest BCUT2D eigenvalue weighted by Gasteiger charge is 2.31. The summed E-state index contributed by atoms with van der Waals surface area (Å²) < 4.78 is 37.9. The number of nitrogens with one attached hydrogen (secondary N) is 1. The van der Waals surface area contributed by atoms with Gasteiger partial charge in [0.1, 0.15) is 0 Å². The highest BCUT2D eigenvalue weighted by Crippen LogP contribution is 2.30. The second-order valence-corrected chi connectivity index (χ2v) is 5.38. The second-order valence-electron chi connectivity index (χ2n) is 5.38. The van der Waals surface area contributed by atoms with Gasteiger partial charge in [0, 0.05) is 18.3 Å². The minimum absolute atomic E-state index is 0.0338. The fourth-order valence-electron chi connectivity index (χ4n) is 2.49. The molecule has 0 saturated carbocycles. The molecule has 4 nitrogen and oxygen atoms in total. The largest absolute Gasteiger partial charge is 0.416 e. The van der Waals surface area contributed by atoms with E-state index < -0.39 is 23.6 Å². The monoisotopic (exact) mass is 314 g/mol. The van der Waals surface area contributed by atoms with E-state index in [2.05, 4.69) is 5.32 Å². The number of halogens is 3. The van der Waals surface area contributed by atoms with E-state index in [-0.39, 0.29) is 11.7 Å². The molecule has 120 valence electrons. The molecule has 2 rings (SSSR count). The number of amides is 2. The van der Waals surface area contributed by atoms with Crippen LogP contribution in [0.3, 0.4) is 0 Å². The summed E-state index contributed by atoms with van der Waals surface area (Å²) in [5.41, 5.74) is -0.915. The third kappa shape index (κ3) is 3.78. The van der Waals surface area contributed by atoms with Crippen LogP contribution in [-0.2, 0) is 15.8 Å². The summed E-state index contributed by atoms with van der Waals surface area (Å²) in [5.74, 6) is -1.61. The Bertz CT molecular complexity index is 572. The number of carbonyl (C=O) groups is 2. The van der Waals surface area contributed by atoms with Crippen molar-refractivity contribution in [1.29, 1.82) is 0 Å². The Kier molecular flexibility index (Phi) is 4.73. The number of alkyl halides is 3. The molecule has 22 heavy (non-hydrogen) atoms. The van der Waals surface area contributed by atoms with Gasteiger partial charge in [0.15, 0.2) is 0 Å². The van der Waals surface area contributed by atoms with Crippen molar-refractivity contribution in [2.45, 2.75) is 38.4 Å². The third-order valence-electron chi connectivity index (χ3n) is 3.71. The van der Waals surface area contributed by atoms with Crippen LogP contribution in [-0.4, -0.2) is 29.3 Å². The Morgan fingerprint density at radius 1 is 1.27 bits per heavy atom. The molecule has 7 heteroatoms. The lowest BCUT2D eigenvalue weighted by Gasteiger charge is -2.32. The van der Waals surface area contributed by atoms with Gasteiger partial charge in [-0.2, -0.15) is 13.2 Å². The van der Waals surface area contributed by atoms with Crippen molar-refractivity contribution in [2.75, 3.05) is 11.9 Å². The summed E-state index contributed by atoms with van der Waals surface area (Å²) in [6.07, 6.45) is -1.85. The first-order chi connectivity index (χ1) is 10.3. The van der Waals surface area contributed by atoms with E-state index in [0.717, 1.165) is 31.4 Å². The molecule has 1 fully saturated rings. The van der Waals surface area contributed by atoms with Crippen LogP contribution in [0.4, 0.5) is 18.9 Å². The molecule has 1 aromatic carbocycles. The Labute approximate surface area is 126 Å². The number of hydrogen-bond donors (Lipinski definition) is 1. The van der Waals surface area contributed by atoms with Crippen LogP contribution in [0, 0.1) is 0 Å². The zero-order valence-electron chi connectivity index (χ0n) is 12.1. The quantitative estimate of drug-likeness (QED) is 0.810. The van der Waals surface area contributed by atoms with Gasteiger partial charge >= 0.3 is 18.0 Å². The Balaban J connectivity index is 2.07. The van der Waals surface area contributed by atoms with Gasteiger partial charge in [-0.25, -0.2) is 0 Å². The standard InChI is InChI=1S/C15H17F3N2O2/c1-10-5-2-3-8-20(10)14(22)13(21)19-12-7-4-6-11(9-12)15(16,17)18/h4,6-7,9-10H,2-3,5,8H2,1H3,(H,19,21). The van der Waals surface area contributed by atoms with Crippen molar-refractivity contribution in [2.24, 2.45) is 0 Å². The van der Waals surface area contributed by atoms with Crippen molar-refractivity contribution in [3.63, 3.8) is 0 Å². The van der Waals surface area contributed by atoms with E-state index in [4.69, 9.17) is 0 Å². The second kappa shape index (κ2) is 6.37. The van der Waals surface area contributed by atoms with E-state index >= 15 is 0 Å². The normalized spacial score (nSPS) is 18.9. The lowest BCUT2D eigenvalue weighted by atomic mass is 10.0. The van der Waals surface area contributed by atoms with E-state index in [1.54, 1.807) is 0 Å². The predicted molar refractivity (Wildman–Crippen MR) is 75.1 cm³/mol. The van der Waals surface area contributed by atoms with Gasteiger partial charge in [0.2, 0.25) is 0 Å². The van der Waals surface area contributed by atoms with Crippen molar-refractivity contribution >= 4 is 17.5 Å². The fraction of sp³-hybridized carbons (Fsp3) is 0.467. The molecule has 1 aromatic rings. The molecule has 1 atom stereocenters. The summed E-state index contributed by atoms with van der Waals surface area (Å²) in [6.45, 7) is 2.35. The summed E-state index contributed by atoms with van der Waals surface area (Å²) in [6, 6.07) is 4.19. The predicted octanol–water partition coefficient (Wildman–Crippen LogP) is 3.04.